The van der Waals surface area contributed by atoms with Gasteiger partial charge in [-0.05, 0) is 37.1 Å². The summed E-state index contributed by atoms with van der Waals surface area (Å²) in [4.78, 5) is -0.262. The summed E-state index contributed by atoms with van der Waals surface area (Å²) in [5.74, 6) is -0.320. The molecule has 2 rings (SSSR count). The van der Waals surface area contributed by atoms with Gasteiger partial charge in [-0.25, -0.2) is 17.5 Å². The van der Waals surface area contributed by atoms with Crippen molar-refractivity contribution >= 4 is 10.0 Å². The predicted molar refractivity (Wildman–Crippen MR) is 71.7 cm³/mol. The molecule has 1 fully saturated rings. The van der Waals surface area contributed by atoms with E-state index in [1.54, 1.807) is 13.1 Å². The minimum Gasteiger partial charge on any atom is -0.316 e. The van der Waals surface area contributed by atoms with E-state index < -0.39 is 15.8 Å². The van der Waals surface area contributed by atoms with Gasteiger partial charge in [0, 0.05) is 12.6 Å². The number of halogens is 1. The van der Waals surface area contributed by atoms with Gasteiger partial charge in [0.05, 0.1) is 0 Å². The second-order valence-corrected chi connectivity index (χ2v) is 6.61. The SMILES string of the molecule is CCC1CC1NS(=O)(=O)c1cc(CNC)ccc1F. The number of sulfonamides is 1. The van der Waals surface area contributed by atoms with Crippen LogP contribution < -0.4 is 10.0 Å². The van der Waals surface area contributed by atoms with Crippen molar-refractivity contribution in [1.82, 2.24) is 10.0 Å². The van der Waals surface area contributed by atoms with Gasteiger partial charge < -0.3 is 5.32 Å². The summed E-state index contributed by atoms with van der Waals surface area (Å²) in [5.41, 5.74) is 0.743. The lowest BCUT2D eigenvalue weighted by molar-refractivity contribution is 0.552. The van der Waals surface area contributed by atoms with Crippen LogP contribution in [0.5, 0.6) is 0 Å². The molecule has 0 aromatic heterocycles. The molecule has 1 saturated carbocycles. The Morgan fingerprint density at radius 2 is 2.16 bits per heavy atom. The molecule has 19 heavy (non-hydrogen) atoms. The molecule has 1 aliphatic rings. The summed E-state index contributed by atoms with van der Waals surface area (Å²) in [6.45, 7) is 2.52. The maximum atomic E-state index is 13.7. The highest BCUT2D eigenvalue weighted by Crippen LogP contribution is 2.34. The van der Waals surface area contributed by atoms with E-state index in [0.717, 1.165) is 18.4 Å². The van der Waals surface area contributed by atoms with E-state index in [4.69, 9.17) is 0 Å². The smallest absolute Gasteiger partial charge is 0.243 e. The van der Waals surface area contributed by atoms with Crippen LogP contribution in [-0.2, 0) is 16.6 Å². The fourth-order valence-corrected chi connectivity index (χ4v) is 3.62. The van der Waals surface area contributed by atoms with Crippen molar-refractivity contribution in [3.05, 3.63) is 29.6 Å². The quantitative estimate of drug-likeness (QED) is 0.835. The molecule has 0 radical (unpaired) electrons. The van der Waals surface area contributed by atoms with E-state index in [1.807, 2.05) is 6.92 Å². The first kappa shape index (κ1) is 14.4. The molecule has 2 unspecified atom stereocenters. The molecule has 0 amide bonds. The van der Waals surface area contributed by atoms with E-state index in [-0.39, 0.29) is 10.9 Å². The van der Waals surface area contributed by atoms with E-state index >= 15 is 0 Å². The molecule has 4 nitrogen and oxygen atoms in total. The molecule has 0 bridgehead atoms. The van der Waals surface area contributed by atoms with Crippen LogP contribution in [0, 0.1) is 11.7 Å². The minimum atomic E-state index is -3.76. The van der Waals surface area contributed by atoms with Gasteiger partial charge in [-0.1, -0.05) is 19.4 Å². The molecule has 0 saturated heterocycles. The normalized spacial score (nSPS) is 22.5. The largest absolute Gasteiger partial charge is 0.316 e. The molecule has 0 aliphatic heterocycles. The van der Waals surface area contributed by atoms with E-state index in [2.05, 4.69) is 10.0 Å². The summed E-state index contributed by atoms with van der Waals surface area (Å²) < 4.78 is 40.6. The first-order valence-corrected chi connectivity index (χ1v) is 7.91. The maximum absolute atomic E-state index is 13.7. The van der Waals surface area contributed by atoms with Crippen molar-refractivity contribution in [2.24, 2.45) is 5.92 Å². The highest BCUT2D eigenvalue weighted by Gasteiger charge is 2.39. The van der Waals surface area contributed by atoms with E-state index in [1.165, 1.54) is 12.1 Å². The zero-order valence-electron chi connectivity index (χ0n) is 11.1. The molecule has 2 N–H and O–H groups in total. The van der Waals surface area contributed by atoms with Gasteiger partial charge in [0.1, 0.15) is 10.7 Å². The number of benzene rings is 1. The molecule has 1 aliphatic carbocycles. The Morgan fingerprint density at radius 3 is 2.74 bits per heavy atom. The van der Waals surface area contributed by atoms with Crippen LogP contribution in [0.4, 0.5) is 4.39 Å². The van der Waals surface area contributed by atoms with Crippen molar-refractivity contribution in [3.63, 3.8) is 0 Å². The number of rotatable bonds is 6. The Hall–Kier alpha value is -0.980. The Bertz CT molecular complexity index is 560. The van der Waals surface area contributed by atoms with Gasteiger partial charge in [-0.15, -0.1) is 0 Å². The third-order valence-corrected chi connectivity index (χ3v) is 4.92. The van der Waals surface area contributed by atoms with Crippen LogP contribution in [0.2, 0.25) is 0 Å². The van der Waals surface area contributed by atoms with Crippen LogP contribution in [0.15, 0.2) is 23.1 Å². The monoisotopic (exact) mass is 286 g/mol. The lowest BCUT2D eigenvalue weighted by atomic mass is 10.2. The van der Waals surface area contributed by atoms with Crippen molar-refractivity contribution in [2.45, 2.75) is 37.2 Å². The first-order valence-electron chi connectivity index (χ1n) is 6.43. The van der Waals surface area contributed by atoms with Crippen LogP contribution >= 0.6 is 0 Å². The Morgan fingerprint density at radius 1 is 1.42 bits per heavy atom. The number of hydrogen-bond acceptors (Lipinski definition) is 3. The van der Waals surface area contributed by atoms with Gasteiger partial charge in [-0.2, -0.15) is 0 Å². The molecule has 2 atom stereocenters. The average Bonchev–Trinajstić information content (AvgIpc) is 3.09. The van der Waals surface area contributed by atoms with Crippen molar-refractivity contribution in [2.75, 3.05) is 7.05 Å². The minimum absolute atomic E-state index is 0.0395. The molecular formula is C13H19FN2O2S. The zero-order chi connectivity index (χ0) is 14.0. The van der Waals surface area contributed by atoms with Gasteiger partial charge in [0.15, 0.2) is 0 Å². The van der Waals surface area contributed by atoms with Crippen molar-refractivity contribution in [1.29, 1.82) is 0 Å². The van der Waals surface area contributed by atoms with Crippen LogP contribution in [-0.4, -0.2) is 21.5 Å². The highest BCUT2D eigenvalue weighted by molar-refractivity contribution is 7.89. The summed E-state index contributed by atoms with van der Waals surface area (Å²) in [6, 6.07) is 4.13. The van der Waals surface area contributed by atoms with E-state index in [0.29, 0.717) is 12.5 Å². The number of nitrogens with one attached hydrogen (secondary N) is 2. The molecule has 106 valence electrons. The molecular weight excluding hydrogens is 267 g/mol. The van der Waals surface area contributed by atoms with E-state index in [9.17, 15) is 12.8 Å². The van der Waals surface area contributed by atoms with Crippen molar-refractivity contribution < 1.29 is 12.8 Å². The third kappa shape index (κ3) is 3.32. The van der Waals surface area contributed by atoms with Gasteiger partial charge in [0.2, 0.25) is 10.0 Å². The fraction of sp³-hybridized carbons (Fsp3) is 0.538. The van der Waals surface area contributed by atoms with Crippen LogP contribution in [0.25, 0.3) is 0 Å². The van der Waals surface area contributed by atoms with Crippen LogP contribution in [0.1, 0.15) is 25.3 Å². The lowest BCUT2D eigenvalue weighted by Gasteiger charge is -2.09. The molecule has 6 heteroatoms. The standard InChI is InChI=1S/C13H19FN2O2S/c1-3-10-7-12(10)16-19(17,18)13-6-9(8-15-2)4-5-11(13)14/h4-6,10,12,15-16H,3,7-8H2,1-2H3. The Labute approximate surface area is 113 Å². The highest BCUT2D eigenvalue weighted by atomic mass is 32.2. The molecule has 1 aromatic rings. The van der Waals surface area contributed by atoms with Crippen molar-refractivity contribution in [3.8, 4) is 0 Å². The molecule has 1 aromatic carbocycles. The number of hydrogen-bond donors (Lipinski definition) is 2. The molecule has 0 heterocycles. The fourth-order valence-electron chi connectivity index (χ4n) is 2.17. The summed E-state index contributed by atoms with van der Waals surface area (Å²) in [6.07, 6.45) is 1.78. The average molecular weight is 286 g/mol. The summed E-state index contributed by atoms with van der Waals surface area (Å²) in [7, 11) is -2.01. The second-order valence-electron chi connectivity index (χ2n) is 4.93. The Balaban J connectivity index is 2.21. The van der Waals surface area contributed by atoms with Gasteiger partial charge in [-0.3, -0.25) is 0 Å². The summed E-state index contributed by atoms with van der Waals surface area (Å²) >= 11 is 0. The summed E-state index contributed by atoms with van der Waals surface area (Å²) in [5, 5.41) is 2.91. The zero-order valence-corrected chi connectivity index (χ0v) is 11.9. The van der Waals surface area contributed by atoms with Crippen LogP contribution in [0.3, 0.4) is 0 Å². The van der Waals surface area contributed by atoms with Gasteiger partial charge in [0.25, 0.3) is 0 Å². The topological polar surface area (TPSA) is 58.2 Å². The second kappa shape index (κ2) is 5.56. The predicted octanol–water partition coefficient (Wildman–Crippen LogP) is 1.62. The van der Waals surface area contributed by atoms with Gasteiger partial charge >= 0.3 is 0 Å². The maximum Gasteiger partial charge on any atom is 0.243 e. The lowest BCUT2D eigenvalue weighted by Crippen LogP contribution is -2.28. The Kier molecular flexibility index (Phi) is 4.23. The third-order valence-electron chi connectivity index (χ3n) is 3.42. The molecule has 0 spiro atoms. The first-order chi connectivity index (χ1) is 8.97.